The van der Waals surface area contributed by atoms with Crippen LogP contribution in [0.15, 0.2) is 54.6 Å². The predicted octanol–water partition coefficient (Wildman–Crippen LogP) is 3.24. The zero-order chi connectivity index (χ0) is 14.4. The van der Waals surface area contributed by atoms with Crippen molar-refractivity contribution < 1.29 is 4.79 Å². The molecule has 0 heterocycles. The molecular formula is C18H21NO. The van der Waals surface area contributed by atoms with Crippen molar-refractivity contribution >= 4 is 5.91 Å². The molecule has 1 amide bonds. The summed E-state index contributed by atoms with van der Waals surface area (Å²) in [7, 11) is 1.88. The van der Waals surface area contributed by atoms with E-state index in [1.165, 1.54) is 11.1 Å². The highest BCUT2D eigenvalue weighted by Crippen LogP contribution is 2.09. The quantitative estimate of drug-likeness (QED) is 0.814. The zero-order valence-corrected chi connectivity index (χ0v) is 12.2. The summed E-state index contributed by atoms with van der Waals surface area (Å²) in [5, 5.41) is 0. The lowest BCUT2D eigenvalue weighted by atomic mass is 10.1. The molecule has 0 saturated carbocycles. The lowest BCUT2D eigenvalue weighted by molar-refractivity contribution is -0.129. The molecule has 2 aromatic carbocycles. The number of carbonyl (C=O) groups excluding carboxylic acids is 1. The van der Waals surface area contributed by atoms with Crippen molar-refractivity contribution in [3.05, 3.63) is 71.3 Å². The van der Waals surface area contributed by atoms with Crippen LogP contribution < -0.4 is 0 Å². The average molecular weight is 267 g/mol. The molecular weight excluding hydrogens is 246 g/mol. The van der Waals surface area contributed by atoms with Crippen LogP contribution in [0.25, 0.3) is 0 Å². The smallest absolute Gasteiger partial charge is 0.226 e. The maximum atomic E-state index is 12.2. The molecule has 0 saturated heterocycles. The number of likely N-dealkylation sites (N-methyl/N-ethyl adjacent to an activating group) is 1. The second-order valence-corrected chi connectivity index (χ2v) is 5.15. The van der Waals surface area contributed by atoms with Gasteiger partial charge in [0.15, 0.2) is 0 Å². The number of hydrogen-bond acceptors (Lipinski definition) is 1. The third-order valence-electron chi connectivity index (χ3n) is 3.61. The molecule has 0 radical (unpaired) electrons. The minimum atomic E-state index is 0.176. The van der Waals surface area contributed by atoms with Gasteiger partial charge in [0.2, 0.25) is 5.91 Å². The lowest BCUT2D eigenvalue weighted by Crippen LogP contribution is -2.30. The zero-order valence-electron chi connectivity index (χ0n) is 12.2. The van der Waals surface area contributed by atoms with E-state index in [0.29, 0.717) is 6.42 Å². The van der Waals surface area contributed by atoms with Crippen LogP contribution >= 0.6 is 0 Å². The topological polar surface area (TPSA) is 20.3 Å². The fourth-order valence-electron chi connectivity index (χ4n) is 2.17. The van der Waals surface area contributed by atoms with Gasteiger partial charge in [0.1, 0.15) is 0 Å². The minimum absolute atomic E-state index is 0.176. The highest BCUT2D eigenvalue weighted by atomic mass is 16.2. The third kappa shape index (κ3) is 3.95. The van der Waals surface area contributed by atoms with E-state index in [1.54, 1.807) is 0 Å². The van der Waals surface area contributed by atoms with Crippen LogP contribution in [0.5, 0.6) is 0 Å². The van der Waals surface area contributed by atoms with E-state index in [1.807, 2.05) is 61.3 Å². The first kappa shape index (κ1) is 14.3. The maximum absolute atomic E-state index is 12.2. The van der Waals surface area contributed by atoms with Gasteiger partial charge in [0.05, 0.1) is 6.42 Å². The Morgan fingerprint density at radius 3 is 2.35 bits per heavy atom. The van der Waals surface area contributed by atoms with Gasteiger partial charge in [-0.1, -0.05) is 54.6 Å². The second-order valence-electron chi connectivity index (χ2n) is 5.15. The van der Waals surface area contributed by atoms with E-state index < -0.39 is 0 Å². The molecule has 0 fully saturated rings. The standard InChI is InChI=1S/C18H21NO/c1-15-8-6-7-11-17(15)14-18(20)19(2)13-12-16-9-4-3-5-10-16/h3-11H,12-14H2,1-2H3. The van der Waals surface area contributed by atoms with Crippen molar-refractivity contribution in [1.82, 2.24) is 4.90 Å². The first-order chi connectivity index (χ1) is 9.66. The molecule has 0 aliphatic heterocycles. The first-order valence-electron chi connectivity index (χ1n) is 6.99. The monoisotopic (exact) mass is 267 g/mol. The van der Waals surface area contributed by atoms with E-state index >= 15 is 0 Å². The molecule has 20 heavy (non-hydrogen) atoms. The van der Waals surface area contributed by atoms with Gasteiger partial charge < -0.3 is 4.90 Å². The van der Waals surface area contributed by atoms with E-state index in [4.69, 9.17) is 0 Å². The molecule has 0 N–H and O–H groups in total. The molecule has 0 unspecified atom stereocenters. The molecule has 2 heteroatoms. The summed E-state index contributed by atoms with van der Waals surface area (Å²) in [6.07, 6.45) is 1.38. The maximum Gasteiger partial charge on any atom is 0.226 e. The van der Waals surface area contributed by atoms with Crippen LogP contribution in [-0.2, 0) is 17.6 Å². The van der Waals surface area contributed by atoms with Gasteiger partial charge in [-0.3, -0.25) is 4.79 Å². The number of hydrogen-bond donors (Lipinski definition) is 0. The van der Waals surface area contributed by atoms with Crippen molar-refractivity contribution in [2.24, 2.45) is 0 Å². The third-order valence-corrected chi connectivity index (χ3v) is 3.61. The van der Waals surface area contributed by atoms with E-state index in [-0.39, 0.29) is 5.91 Å². The molecule has 0 aliphatic carbocycles. The molecule has 0 bridgehead atoms. The van der Waals surface area contributed by atoms with Crippen molar-refractivity contribution in [3.8, 4) is 0 Å². The Morgan fingerprint density at radius 1 is 1.00 bits per heavy atom. The van der Waals surface area contributed by atoms with Crippen molar-refractivity contribution in [2.45, 2.75) is 19.8 Å². The predicted molar refractivity (Wildman–Crippen MR) is 82.7 cm³/mol. The van der Waals surface area contributed by atoms with Crippen molar-refractivity contribution in [3.63, 3.8) is 0 Å². The number of rotatable bonds is 5. The highest BCUT2D eigenvalue weighted by molar-refractivity contribution is 5.78. The second kappa shape index (κ2) is 6.90. The fourth-order valence-corrected chi connectivity index (χ4v) is 2.17. The lowest BCUT2D eigenvalue weighted by Gasteiger charge is -2.18. The Balaban J connectivity index is 1.88. The van der Waals surface area contributed by atoms with E-state index in [0.717, 1.165) is 18.5 Å². The van der Waals surface area contributed by atoms with Crippen LogP contribution in [-0.4, -0.2) is 24.4 Å². The Morgan fingerprint density at radius 2 is 1.65 bits per heavy atom. The molecule has 2 nitrogen and oxygen atoms in total. The average Bonchev–Trinajstić information content (AvgIpc) is 2.48. The van der Waals surface area contributed by atoms with Crippen LogP contribution in [0.2, 0.25) is 0 Å². The summed E-state index contributed by atoms with van der Waals surface area (Å²) < 4.78 is 0. The number of amides is 1. The fraction of sp³-hybridized carbons (Fsp3) is 0.278. The molecule has 0 aromatic heterocycles. The Bertz CT molecular complexity index is 563. The van der Waals surface area contributed by atoms with Crippen LogP contribution in [0.1, 0.15) is 16.7 Å². The van der Waals surface area contributed by atoms with Gasteiger partial charge in [-0.05, 0) is 30.0 Å². The van der Waals surface area contributed by atoms with E-state index in [9.17, 15) is 4.79 Å². The van der Waals surface area contributed by atoms with Crippen LogP contribution in [0.3, 0.4) is 0 Å². The molecule has 2 aromatic rings. The number of carbonyl (C=O) groups is 1. The summed E-state index contributed by atoms with van der Waals surface area (Å²) in [6, 6.07) is 18.3. The summed E-state index contributed by atoms with van der Waals surface area (Å²) in [5.41, 5.74) is 3.56. The molecule has 0 atom stereocenters. The van der Waals surface area contributed by atoms with Gasteiger partial charge >= 0.3 is 0 Å². The van der Waals surface area contributed by atoms with Crippen LogP contribution in [0, 0.1) is 6.92 Å². The molecule has 0 spiro atoms. The van der Waals surface area contributed by atoms with Crippen molar-refractivity contribution in [1.29, 1.82) is 0 Å². The van der Waals surface area contributed by atoms with Crippen molar-refractivity contribution in [2.75, 3.05) is 13.6 Å². The molecule has 0 aliphatic rings. The molecule has 104 valence electrons. The Labute approximate surface area is 121 Å². The summed E-state index contributed by atoms with van der Waals surface area (Å²) >= 11 is 0. The van der Waals surface area contributed by atoms with Gasteiger partial charge in [-0.2, -0.15) is 0 Å². The van der Waals surface area contributed by atoms with Crippen LogP contribution in [0.4, 0.5) is 0 Å². The largest absolute Gasteiger partial charge is 0.345 e. The molecule has 2 rings (SSSR count). The first-order valence-corrected chi connectivity index (χ1v) is 6.99. The van der Waals surface area contributed by atoms with Gasteiger partial charge in [0, 0.05) is 13.6 Å². The van der Waals surface area contributed by atoms with Gasteiger partial charge in [-0.25, -0.2) is 0 Å². The number of aryl methyl sites for hydroxylation is 1. The van der Waals surface area contributed by atoms with Gasteiger partial charge in [0.25, 0.3) is 0 Å². The SMILES string of the molecule is Cc1ccccc1CC(=O)N(C)CCc1ccccc1. The van der Waals surface area contributed by atoms with Gasteiger partial charge in [-0.15, -0.1) is 0 Å². The summed E-state index contributed by atoms with van der Waals surface area (Å²) in [4.78, 5) is 14.0. The number of nitrogens with zero attached hydrogens (tertiary/aromatic N) is 1. The Kier molecular flexibility index (Phi) is 4.94. The highest BCUT2D eigenvalue weighted by Gasteiger charge is 2.10. The summed E-state index contributed by atoms with van der Waals surface area (Å²) in [5.74, 6) is 0.176. The van der Waals surface area contributed by atoms with E-state index in [2.05, 4.69) is 12.1 Å². The number of benzene rings is 2. The normalized spacial score (nSPS) is 10.3. The Hall–Kier alpha value is -2.09. The minimum Gasteiger partial charge on any atom is -0.345 e. The summed E-state index contributed by atoms with van der Waals surface area (Å²) in [6.45, 7) is 2.81.